The summed E-state index contributed by atoms with van der Waals surface area (Å²) in [5, 5.41) is 12.2. The van der Waals surface area contributed by atoms with Crippen molar-refractivity contribution in [3.05, 3.63) is 49.3 Å². The van der Waals surface area contributed by atoms with Gasteiger partial charge < -0.3 is 15.4 Å². The summed E-state index contributed by atoms with van der Waals surface area (Å²) in [6.45, 7) is 3.25. The highest BCUT2D eigenvalue weighted by Crippen LogP contribution is 2.26. The number of hydrogen-bond donors (Lipinski definition) is 3. The summed E-state index contributed by atoms with van der Waals surface area (Å²) in [6.07, 6.45) is 0. The van der Waals surface area contributed by atoms with Crippen LogP contribution in [0.25, 0.3) is 0 Å². The number of carbonyl (C=O) groups excluding carboxylic acids is 1. The molecular formula is C14H12ClIN2O3. The number of carboxylic acid groups (broad SMARTS) is 1. The average Bonchev–Trinajstić information content (AvgIpc) is 2.68. The molecule has 0 aliphatic carbocycles. The number of rotatable bonds is 3. The van der Waals surface area contributed by atoms with Crippen LogP contribution in [0.1, 0.15) is 32.1 Å². The number of anilines is 1. The number of aromatic nitrogens is 1. The summed E-state index contributed by atoms with van der Waals surface area (Å²) < 4.78 is 0.956. The summed E-state index contributed by atoms with van der Waals surface area (Å²) >= 11 is 8.20. The van der Waals surface area contributed by atoms with Crippen LogP contribution in [-0.2, 0) is 0 Å². The normalized spacial score (nSPS) is 10.5. The van der Waals surface area contributed by atoms with E-state index in [1.165, 1.54) is 0 Å². The van der Waals surface area contributed by atoms with E-state index < -0.39 is 11.9 Å². The van der Waals surface area contributed by atoms with Crippen molar-refractivity contribution in [3.63, 3.8) is 0 Å². The van der Waals surface area contributed by atoms with Crippen molar-refractivity contribution in [1.82, 2.24) is 4.98 Å². The maximum absolute atomic E-state index is 12.3. The molecule has 0 atom stereocenters. The Morgan fingerprint density at radius 2 is 2.00 bits per heavy atom. The number of halogens is 2. The van der Waals surface area contributed by atoms with E-state index in [0.717, 1.165) is 3.57 Å². The topological polar surface area (TPSA) is 82.2 Å². The van der Waals surface area contributed by atoms with Crippen LogP contribution in [-0.4, -0.2) is 22.0 Å². The monoisotopic (exact) mass is 418 g/mol. The molecule has 1 aromatic heterocycles. The van der Waals surface area contributed by atoms with Gasteiger partial charge >= 0.3 is 5.97 Å². The predicted molar refractivity (Wildman–Crippen MR) is 89.3 cm³/mol. The van der Waals surface area contributed by atoms with Gasteiger partial charge in [0, 0.05) is 9.26 Å². The summed E-state index contributed by atoms with van der Waals surface area (Å²) in [5.41, 5.74) is 1.73. The van der Waals surface area contributed by atoms with E-state index in [-0.39, 0.29) is 5.69 Å². The Kier molecular flexibility index (Phi) is 4.58. The van der Waals surface area contributed by atoms with Gasteiger partial charge in [-0.15, -0.1) is 0 Å². The van der Waals surface area contributed by atoms with E-state index in [1.807, 2.05) is 6.07 Å². The van der Waals surface area contributed by atoms with E-state index in [0.29, 0.717) is 27.5 Å². The van der Waals surface area contributed by atoms with E-state index in [4.69, 9.17) is 16.7 Å². The molecule has 7 heteroatoms. The fraction of sp³-hybridized carbons (Fsp3) is 0.143. The zero-order valence-corrected chi connectivity index (χ0v) is 14.2. The zero-order valence-electron chi connectivity index (χ0n) is 11.3. The van der Waals surface area contributed by atoms with Crippen LogP contribution in [0.4, 0.5) is 5.69 Å². The molecule has 2 aromatic rings. The number of aromatic amines is 1. The van der Waals surface area contributed by atoms with Gasteiger partial charge in [-0.25, -0.2) is 4.79 Å². The molecule has 0 saturated heterocycles. The van der Waals surface area contributed by atoms with Crippen LogP contribution in [0, 0.1) is 17.4 Å². The van der Waals surface area contributed by atoms with Gasteiger partial charge in [-0.2, -0.15) is 0 Å². The standard InChI is InChI=1S/C14H12ClIN2O3/c1-6-11(7(2)17-12(6)14(20)21)13(19)18-10-4-3-8(16)5-9(10)15/h3-5,17H,1-2H3,(H,18,19)(H,20,21). The van der Waals surface area contributed by atoms with Gasteiger partial charge in [-0.3, -0.25) is 4.79 Å². The number of carbonyl (C=O) groups is 2. The quantitative estimate of drug-likeness (QED) is 0.662. The van der Waals surface area contributed by atoms with E-state index >= 15 is 0 Å². The Morgan fingerprint density at radius 1 is 1.33 bits per heavy atom. The molecule has 1 amide bonds. The smallest absolute Gasteiger partial charge is 0.352 e. The summed E-state index contributed by atoms with van der Waals surface area (Å²) in [6, 6.07) is 5.26. The first-order chi connectivity index (χ1) is 9.81. The molecule has 0 fully saturated rings. The van der Waals surface area contributed by atoms with Crippen LogP contribution in [0.2, 0.25) is 5.02 Å². The molecular weight excluding hydrogens is 407 g/mol. The van der Waals surface area contributed by atoms with Crippen LogP contribution in [0.5, 0.6) is 0 Å². The van der Waals surface area contributed by atoms with Crippen molar-refractivity contribution >= 4 is 51.8 Å². The van der Waals surface area contributed by atoms with Gasteiger partial charge in [-0.05, 0) is 60.2 Å². The van der Waals surface area contributed by atoms with Crippen LogP contribution in [0.3, 0.4) is 0 Å². The van der Waals surface area contributed by atoms with Gasteiger partial charge in [0.05, 0.1) is 16.3 Å². The summed E-state index contributed by atoms with van der Waals surface area (Å²) in [5.74, 6) is -1.49. The third kappa shape index (κ3) is 3.21. The Labute approximate surface area is 139 Å². The minimum absolute atomic E-state index is 0.0198. The number of benzene rings is 1. The zero-order chi connectivity index (χ0) is 15.7. The van der Waals surface area contributed by atoms with Crippen molar-refractivity contribution in [2.24, 2.45) is 0 Å². The number of hydrogen-bond acceptors (Lipinski definition) is 2. The van der Waals surface area contributed by atoms with Gasteiger partial charge in [-0.1, -0.05) is 11.6 Å². The second kappa shape index (κ2) is 6.07. The van der Waals surface area contributed by atoms with Crippen LogP contribution in [0.15, 0.2) is 18.2 Å². The first kappa shape index (κ1) is 15.8. The number of H-pyrrole nitrogens is 1. The van der Waals surface area contributed by atoms with Crippen LogP contribution >= 0.6 is 34.2 Å². The van der Waals surface area contributed by atoms with Crippen molar-refractivity contribution in [1.29, 1.82) is 0 Å². The molecule has 0 spiro atoms. The summed E-state index contributed by atoms with van der Waals surface area (Å²) in [7, 11) is 0. The Morgan fingerprint density at radius 3 is 2.52 bits per heavy atom. The number of amides is 1. The molecule has 3 N–H and O–H groups in total. The van der Waals surface area contributed by atoms with Gasteiger partial charge in [0.25, 0.3) is 5.91 Å². The van der Waals surface area contributed by atoms with E-state index in [2.05, 4.69) is 32.9 Å². The molecule has 21 heavy (non-hydrogen) atoms. The second-order valence-electron chi connectivity index (χ2n) is 4.51. The van der Waals surface area contributed by atoms with Gasteiger partial charge in [0.2, 0.25) is 0 Å². The van der Waals surface area contributed by atoms with Crippen molar-refractivity contribution < 1.29 is 14.7 Å². The molecule has 1 heterocycles. The lowest BCUT2D eigenvalue weighted by molar-refractivity contribution is 0.0690. The Hall–Kier alpha value is -1.54. The highest BCUT2D eigenvalue weighted by atomic mass is 127. The lowest BCUT2D eigenvalue weighted by Gasteiger charge is -2.08. The fourth-order valence-corrected chi connectivity index (χ4v) is 2.98. The number of aryl methyl sites for hydroxylation is 1. The van der Waals surface area contributed by atoms with Crippen molar-refractivity contribution in [2.75, 3.05) is 5.32 Å². The fourth-order valence-electron chi connectivity index (χ4n) is 2.08. The molecule has 0 bridgehead atoms. The molecule has 110 valence electrons. The lowest BCUT2D eigenvalue weighted by Crippen LogP contribution is -2.14. The molecule has 2 rings (SSSR count). The molecule has 0 unspecified atom stereocenters. The number of carboxylic acids is 1. The number of nitrogens with one attached hydrogen (secondary N) is 2. The van der Waals surface area contributed by atoms with Gasteiger partial charge in [0.15, 0.2) is 0 Å². The maximum Gasteiger partial charge on any atom is 0.352 e. The molecule has 1 aromatic carbocycles. The van der Waals surface area contributed by atoms with Gasteiger partial charge in [0.1, 0.15) is 5.69 Å². The molecule has 0 aliphatic heterocycles. The first-order valence-corrected chi connectivity index (χ1v) is 7.45. The Balaban J connectivity index is 2.35. The SMILES string of the molecule is Cc1[nH]c(C(=O)O)c(C)c1C(=O)Nc1ccc(I)cc1Cl. The lowest BCUT2D eigenvalue weighted by atomic mass is 10.1. The maximum atomic E-state index is 12.3. The molecule has 0 saturated carbocycles. The molecule has 0 radical (unpaired) electrons. The Bertz CT molecular complexity index is 740. The van der Waals surface area contributed by atoms with E-state index in [1.54, 1.807) is 26.0 Å². The summed E-state index contributed by atoms with van der Waals surface area (Å²) in [4.78, 5) is 26.1. The predicted octanol–water partition coefficient (Wildman–Crippen LogP) is 3.84. The highest BCUT2D eigenvalue weighted by molar-refractivity contribution is 14.1. The van der Waals surface area contributed by atoms with Crippen molar-refractivity contribution in [2.45, 2.75) is 13.8 Å². The minimum atomic E-state index is -1.10. The highest BCUT2D eigenvalue weighted by Gasteiger charge is 2.22. The molecule has 5 nitrogen and oxygen atoms in total. The second-order valence-corrected chi connectivity index (χ2v) is 6.16. The average molecular weight is 419 g/mol. The molecule has 0 aliphatic rings. The largest absolute Gasteiger partial charge is 0.477 e. The third-order valence-corrected chi connectivity index (χ3v) is 4.04. The minimum Gasteiger partial charge on any atom is -0.477 e. The van der Waals surface area contributed by atoms with Crippen LogP contribution < -0.4 is 5.32 Å². The number of aromatic carboxylic acids is 1. The van der Waals surface area contributed by atoms with E-state index in [9.17, 15) is 9.59 Å². The van der Waals surface area contributed by atoms with Crippen molar-refractivity contribution in [3.8, 4) is 0 Å². The third-order valence-electron chi connectivity index (χ3n) is 3.06. The first-order valence-electron chi connectivity index (χ1n) is 6.00.